The third-order valence-electron chi connectivity index (χ3n) is 4.50. The number of ether oxygens (including phenoxy) is 1. The Morgan fingerprint density at radius 1 is 0.857 bits per heavy atom. The van der Waals surface area contributed by atoms with E-state index in [0.29, 0.717) is 0 Å². The van der Waals surface area contributed by atoms with Crippen molar-refractivity contribution in [3.05, 3.63) is 70.9 Å². The molecule has 0 heterocycles. The van der Waals surface area contributed by atoms with Crippen molar-refractivity contribution in [2.75, 3.05) is 0 Å². The lowest BCUT2D eigenvalue weighted by Crippen LogP contribution is -2.14. The topological polar surface area (TPSA) is 9.23 Å². The summed E-state index contributed by atoms with van der Waals surface area (Å²) in [6.45, 7) is 13.0. The molecule has 0 spiro atoms. The van der Waals surface area contributed by atoms with Gasteiger partial charge in [0.15, 0.2) is 0 Å². The Morgan fingerprint density at radius 2 is 1.43 bits per heavy atom. The van der Waals surface area contributed by atoms with Crippen LogP contribution in [0.4, 0.5) is 0 Å². The number of hydrogen-bond acceptors (Lipinski definition) is 2. The van der Waals surface area contributed by atoms with Crippen molar-refractivity contribution in [1.29, 1.82) is 0 Å². The van der Waals surface area contributed by atoms with Crippen LogP contribution in [-0.2, 0) is 0 Å². The van der Waals surface area contributed by atoms with Crippen molar-refractivity contribution in [2.45, 2.75) is 84.6 Å². The molecule has 0 saturated heterocycles. The lowest BCUT2D eigenvalue weighted by atomic mass is 10.0. The van der Waals surface area contributed by atoms with Gasteiger partial charge in [0.2, 0.25) is 0 Å². The van der Waals surface area contributed by atoms with E-state index in [1.165, 1.54) is 22.3 Å². The van der Waals surface area contributed by atoms with Gasteiger partial charge < -0.3 is 4.74 Å². The van der Waals surface area contributed by atoms with Crippen molar-refractivity contribution in [2.24, 2.45) is 0 Å². The highest BCUT2D eigenvalue weighted by Gasteiger charge is 2.09. The molecule has 0 amide bonds. The van der Waals surface area contributed by atoms with E-state index in [9.17, 15) is 0 Å². The number of allylic oxidation sites excluding steroid dienone is 6. The summed E-state index contributed by atoms with van der Waals surface area (Å²) in [5.74, 6) is 0.847. The molecule has 1 atom stereocenters. The van der Waals surface area contributed by atoms with Crippen LogP contribution in [-0.4, -0.2) is 6.10 Å². The van der Waals surface area contributed by atoms with Crippen LogP contribution < -0.4 is 4.74 Å². The molecule has 0 aliphatic rings. The number of thiol groups is 1. The van der Waals surface area contributed by atoms with E-state index in [1.807, 2.05) is 24.3 Å². The number of hydrogen-bond donors (Lipinski definition) is 1. The summed E-state index contributed by atoms with van der Waals surface area (Å²) in [6, 6.07) is 7.95. The standard InChI is InChI=1S/C26H38OS/c1-20(2)11-9-13-22(5)17-18-24(19-23(6)14-10-12-21(3)4)27-25-15-7-8-16-26(25)28/h7-8,11-12,15-17,19,24,28H,9-10,13-14,18H2,1-6H3. The van der Waals surface area contributed by atoms with Crippen molar-refractivity contribution in [3.63, 3.8) is 0 Å². The van der Waals surface area contributed by atoms with Crippen LogP contribution in [0.15, 0.2) is 75.8 Å². The smallest absolute Gasteiger partial charge is 0.133 e. The monoisotopic (exact) mass is 398 g/mol. The van der Waals surface area contributed by atoms with E-state index in [1.54, 1.807) is 0 Å². The zero-order chi connectivity index (χ0) is 20.9. The molecular formula is C26H38OS. The van der Waals surface area contributed by atoms with Crippen LogP contribution >= 0.6 is 12.6 Å². The van der Waals surface area contributed by atoms with E-state index in [4.69, 9.17) is 4.74 Å². The summed E-state index contributed by atoms with van der Waals surface area (Å²) in [5, 5.41) is 0. The third kappa shape index (κ3) is 11.2. The molecule has 1 aromatic rings. The predicted molar refractivity (Wildman–Crippen MR) is 128 cm³/mol. The first-order valence-corrected chi connectivity index (χ1v) is 10.8. The number of benzene rings is 1. The lowest BCUT2D eigenvalue weighted by Gasteiger charge is -2.17. The van der Waals surface area contributed by atoms with Gasteiger partial charge in [-0.05, 0) is 85.4 Å². The van der Waals surface area contributed by atoms with Gasteiger partial charge in [-0.1, -0.05) is 52.7 Å². The number of para-hydroxylation sites is 1. The zero-order valence-electron chi connectivity index (χ0n) is 18.6. The highest BCUT2D eigenvalue weighted by molar-refractivity contribution is 7.80. The van der Waals surface area contributed by atoms with Crippen molar-refractivity contribution < 1.29 is 4.74 Å². The fraction of sp³-hybridized carbons (Fsp3) is 0.462. The fourth-order valence-electron chi connectivity index (χ4n) is 2.87. The molecule has 1 unspecified atom stereocenters. The molecular weight excluding hydrogens is 360 g/mol. The van der Waals surface area contributed by atoms with Crippen LogP contribution in [0.1, 0.15) is 73.6 Å². The molecule has 154 valence electrons. The van der Waals surface area contributed by atoms with Gasteiger partial charge in [0.25, 0.3) is 0 Å². The molecule has 0 aliphatic heterocycles. The molecule has 0 N–H and O–H groups in total. The van der Waals surface area contributed by atoms with Crippen LogP contribution in [0.5, 0.6) is 5.75 Å². The van der Waals surface area contributed by atoms with Gasteiger partial charge in [-0.3, -0.25) is 0 Å². The van der Waals surface area contributed by atoms with Crippen LogP contribution in [0, 0.1) is 0 Å². The van der Waals surface area contributed by atoms with E-state index < -0.39 is 0 Å². The highest BCUT2D eigenvalue weighted by Crippen LogP contribution is 2.25. The zero-order valence-corrected chi connectivity index (χ0v) is 19.5. The molecule has 0 bridgehead atoms. The normalized spacial score (nSPS) is 13.1. The minimum atomic E-state index is 0.0263. The summed E-state index contributed by atoms with van der Waals surface area (Å²) >= 11 is 4.54. The van der Waals surface area contributed by atoms with E-state index in [2.05, 4.69) is 78.5 Å². The average Bonchev–Trinajstić information content (AvgIpc) is 2.61. The Balaban J connectivity index is 2.83. The van der Waals surface area contributed by atoms with Crippen LogP contribution in [0.3, 0.4) is 0 Å². The Bertz CT molecular complexity index is 714. The molecule has 0 saturated carbocycles. The minimum Gasteiger partial charge on any atom is -0.485 e. The summed E-state index contributed by atoms with van der Waals surface area (Å²) in [4.78, 5) is 0.882. The highest BCUT2D eigenvalue weighted by atomic mass is 32.1. The van der Waals surface area contributed by atoms with Gasteiger partial charge >= 0.3 is 0 Å². The Labute approximate surface area is 178 Å². The van der Waals surface area contributed by atoms with Crippen LogP contribution in [0.2, 0.25) is 0 Å². The van der Waals surface area contributed by atoms with Crippen molar-refractivity contribution >= 4 is 12.6 Å². The molecule has 0 fully saturated rings. The second-order valence-corrected chi connectivity index (χ2v) is 8.55. The summed E-state index contributed by atoms with van der Waals surface area (Å²) in [5.41, 5.74) is 5.55. The molecule has 0 aromatic heterocycles. The molecule has 1 aromatic carbocycles. The Morgan fingerprint density at radius 3 is 2.00 bits per heavy atom. The predicted octanol–water partition coefficient (Wildman–Crippen LogP) is 8.50. The first kappa shape index (κ1) is 24.4. The van der Waals surface area contributed by atoms with Gasteiger partial charge in [0.1, 0.15) is 11.9 Å². The fourth-order valence-corrected chi connectivity index (χ4v) is 3.08. The molecule has 0 aliphatic carbocycles. The average molecular weight is 399 g/mol. The largest absolute Gasteiger partial charge is 0.485 e. The van der Waals surface area contributed by atoms with Gasteiger partial charge in [-0.2, -0.15) is 0 Å². The van der Waals surface area contributed by atoms with Gasteiger partial charge in [-0.15, -0.1) is 12.6 Å². The minimum absolute atomic E-state index is 0.0263. The first-order valence-electron chi connectivity index (χ1n) is 10.3. The Hall–Kier alpha value is -1.67. The summed E-state index contributed by atoms with van der Waals surface area (Å²) in [6.07, 6.45) is 14.5. The molecule has 1 nitrogen and oxygen atoms in total. The maximum absolute atomic E-state index is 6.31. The lowest BCUT2D eigenvalue weighted by molar-refractivity contribution is 0.245. The van der Waals surface area contributed by atoms with Crippen LogP contribution in [0.25, 0.3) is 0 Å². The first-order chi connectivity index (χ1) is 13.3. The van der Waals surface area contributed by atoms with Gasteiger partial charge in [0, 0.05) is 11.3 Å². The maximum Gasteiger partial charge on any atom is 0.133 e. The number of rotatable bonds is 11. The second-order valence-electron chi connectivity index (χ2n) is 8.06. The Kier molecular flexibility index (Phi) is 11.7. The van der Waals surface area contributed by atoms with E-state index in [-0.39, 0.29) is 6.10 Å². The SMILES string of the molecule is CC(C)=CCCC(C)=CCC(C=C(C)CCC=C(C)C)Oc1ccccc1S. The molecule has 28 heavy (non-hydrogen) atoms. The third-order valence-corrected chi connectivity index (χ3v) is 4.86. The van der Waals surface area contributed by atoms with E-state index in [0.717, 1.165) is 42.7 Å². The molecule has 1 rings (SSSR count). The van der Waals surface area contributed by atoms with E-state index >= 15 is 0 Å². The molecule has 0 radical (unpaired) electrons. The summed E-state index contributed by atoms with van der Waals surface area (Å²) < 4.78 is 6.31. The second kappa shape index (κ2) is 13.5. The van der Waals surface area contributed by atoms with Gasteiger partial charge in [0.05, 0.1) is 0 Å². The maximum atomic E-state index is 6.31. The van der Waals surface area contributed by atoms with Crippen molar-refractivity contribution in [3.8, 4) is 5.75 Å². The quantitative estimate of drug-likeness (QED) is 0.290. The summed E-state index contributed by atoms with van der Waals surface area (Å²) in [7, 11) is 0. The van der Waals surface area contributed by atoms with Gasteiger partial charge in [-0.25, -0.2) is 0 Å². The molecule has 2 heteroatoms. The van der Waals surface area contributed by atoms with Crippen molar-refractivity contribution in [1.82, 2.24) is 0 Å².